The van der Waals surface area contributed by atoms with Crippen LogP contribution in [0.15, 0.2) is 49.1 Å². The van der Waals surface area contributed by atoms with Crippen molar-refractivity contribution in [1.82, 2.24) is 0 Å². The highest BCUT2D eigenvalue weighted by molar-refractivity contribution is 5.62. The Bertz CT molecular complexity index is 779. The molecular formula is C24H38N5O2+. The minimum Gasteiger partial charge on any atom is -0.495 e. The van der Waals surface area contributed by atoms with E-state index in [1.807, 2.05) is 42.5 Å². The topological polar surface area (TPSA) is 94.6 Å². The first kappa shape index (κ1) is 24.2. The van der Waals surface area contributed by atoms with Crippen molar-refractivity contribution in [3.8, 4) is 11.5 Å². The summed E-state index contributed by atoms with van der Waals surface area (Å²) >= 11 is 0. The third-order valence-corrected chi connectivity index (χ3v) is 5.44. The Hall–Kier alpha value is -3.06. The van der Waals surface area contributed by atoms with Crippen molar-refractivity contribution in [2.45, 2.75) is 12.8 Å². The van der Waals surface area contributed by atoms with Gasteiger partial charge in [0.15, 0.2) is 0 Å². The van der Waals surface area contributed by atoms with Gasteiger partial charge >= 0.3 is 0 Å². The minimum atomic E-state index is 0.647. The Morgan fingerprint density at radius 1 is 0.871 bits per heavy atom. The molecule has 0 aliphatic carbocycles. The van der Waals surface area contributed by atoms with E-state index < -0.39 is 0 Å². The third kappa shape index (κ3) is 7.61. The number of nitrogens with two attached hydrogens (primary N) is 2. The Morgan fingerprint density at radius 3 is 1.71 bits per heavy atom. The molecule has 0 bridgehead atoms. The lowest BCUT2D eigenvalue weighted by Crippen LogP contribution is -2.46. The highest BCUT2D eigenvalue weighted by Crippen LogP contribution is 2.26. The summed E-state index contributed by atoms with van der Waals surface area (Å²) in [5.41, 5.74) is 15.1. The molecule has 0 spiro atoms. The van der Waals surface area contributed by atoms with Gasteiger partial charge < -0.3 is 36.1 Å². The number of nitrogens with zero attached hydrogens (tertiary/aromatic N) is 1. The average Bonchev–Trinajstić information content (AvgIpc) is 2.76. The fourth-order valence-corrected chi connectivity index (χ4v) is 3.64. The second-order valence-corrected chi connectivity index (χ2v) is 8.01. The summed E-state index contributed by atoms with van der Waals surface area (Å²) in [7, 11) is 5.55. The Balaban J connectivity index is 1.77. The molecule has 0 fully saturated rings. The number of hydrogen-bond donors (Lipinski definition) is 4. The first-order valence-corrected chi connectivity index (χ1v) is 10.7. The summed E-state index contributed by atoms with van der Waals surface area (Å²) in [6.45, 7) is 8.82. The molecule has 0 heterocycles. The molecule has 6 N–H and O–H groups in total. The molecule has 0 unspecified atom stereocenters. The maximum Gasteiger partial charge on any atom is 0.143 e. The van der Waals surface area contributed by atoms with Crippen LogP contribution in [0.2, 0.25) is 0 Å². The number of anilines is 4. The van der Waals surface area contributed by atoms with Crippen molar-refractivity contribution in [2.75, 3.05) is 76.1 Å². The van der Waals surface area contributed by atoms with Gasteiger partial charge in [-0.05, 0) is 30.3 Å². The lowest BCUT2D eigenvalue weighted by Gasteiger charge is -2.34. The predicted octanol–water partition coefficient (Wildman–Crippen LogP) is 3.81. The van der Waals surface area contributed by atoms with Crippen LogP contribution in [-0.2, 0) is 0 Å². The molecule has 31 heavy (non-hydrogen) atoms. The molecule has 0 radical (unpaired) electrons. The maximum absolute atomic E-state index is 5.88. The van der Waals surface area contributed by atoms with Gasteiger partial charge in [0.05, 0.1) is 52.3 Å². The van der Waals surface area contributed by atoms with Crippen LogP contribution in [0.4, 0.5) is 22.7 Å². The van der Waals surface area contributed by atoms with Crippen molar-refractivity contribution in [3.05, 3.63) is 49.1 Å². The van der Waals surface area contributed by atoms with E-state index in [-0.39, 0.29) is 0 Å². The van der Waals surface area contributed by atoms with Gasteiger partial charge in [-0.2, -0.15) is 0 Å². The van der Waals surface area contributed by atoms with Gasteiger partial charge in [-0.15, -0.1) is 0 Å². The second kappa shape index (κ2) is 12.0. The molecule has 0 atom stereocenters. The van der Waals surface area contributed by atoms with E-state index in [1.165, 1.54) is 0 Å². The fourth-order valence-electron chi connectivity index (χ4n) is 3.64. The van der Waals surface area contributed by atoms with Crippen LogP contribution in [0.1, 0.15) is 12.8 Å². The summed E-state index contributed by atoms with van der Waals surface area (Å²) in [5.74, 6) is 1.40. The molecule has 2 aromatic carbocycles. The molecule has 0 saturated carbocycles. The fraction of sp³-hybridized carbons (Fsp3) is 0.417. The number of rotatable bonds is 14. The number of nitrogen functional groups attached to an aromatic ring is 2. The van der Waals surface area contributed by atoms with E-state index in [2.05, 4.69) is 24.3 Å². The van der Waals surface area contributed by atoms with Crippen molar-refractivity contribution in [1.29, 1.82) is 0 Å². The smallest absolute Gasteiger partial charge is 0.143 e. The quantitative estimate of drug-likeness (QED) is 0.158. The van der Waals surface area contributed by atoms with Crippen molar-refractivity contribution in [3.63, 3.8) is 0 Å². The lowest BCUT2D eigenvalue weighted by molar-refractivity contribution is -0.904. The van der Waals surface area contributed by atoms with Gasteiger partial charge in [-0.1, -0.05) is 6.58 Å². The SMILES string of the molecule is C=CC[N+](C)(CCCNc1ccc(N)c(OC)c1)CCCNc1ccc(N)c(OC)c1. The normalized spacial score (nSPS) is 11.1. The van der Waals surface area contributed by atoms with E-state index in [9.17, 15) is 0 Å². The Labute approximate surface area is 186 Å². The highest BCUT2D eigenvalue weighted by Gasteiger charge is 2.19. The molecule has 7 heteroatoms. The second-order valence-electron chi connectivity index (χ2n) is 8.01. The van der Waals surface area contributed by atoms with E-state index >= 15 is 0 Å². The van der Waals surface area contributed by atoms with Gasteiger partial charge in [-0.3, -0.25) is 0 Å². The minimum absolute atomic E-state index is 0.647. The summed E-state index contributed by atoms with van der Waals surface area (Å²) in [6.07, 6.45) is 4.12. The standard InChI is InChI=1S/C24H38N5O2/c1-5-14-29(2,15-6-12-27-19-8-10-21(25)23(17-19)30-3)16-7-13-28-20-9-11-22(26)24(18-20)31-4/h5,8-11,17-18,27-28H,1,6-7,12-16,25-26H2,2-4H3/q+1. The molecule has 2 aromatic rings. The van der Waals surface area contributed by atoms with E-state index in [0.717, 1.165) is 61.4 Å². The number of benzene rings is 2. The van der Waals surface area contributed by atoms with E-state index in [4.69, 9.17) is 20.9 Å². The van der Waals surface area contributed by atoms with Crippen LogP contribution in [0.25, 0.3) is 0 Å². The Kier molecular flexibility index (Phi) is 9.34. The summed E-state index contributed by atoms with van der Waals surface area (Å²) in [5, 5.41) is 6.92. The van der Waals surface area contributed by atoms with E-state index in [0.29, 0.717) is 22.9 Å². The zero-order valence-electron chi connectivity index (χ0n) is 19.1. The molecule has 0 aromatic heterocycles. The number of methoxy groups -OCH3 is 2. The largest absolute Gasteiger partial charge is 0.495 e. The van der Waals surface area contributed by atoms with Crippen LogP contribution in [-0.4, -0.2) is 58.5 Å². The lowest BCUT2D eigenvalue weighted by atomic mass is 10.2. The van der Waals surface area contributed by atoms with Gasteiger partial charge in [0, 0.05) is 49.4 Å². The molecule has 7 nitrogen and oxygen atoms in total. The van der Waals surface area contributed by atoms with Gasteiger partial charge in [0.2, 0.25) is 0 Å². The van der Waals surface area contributed by atoms with Crippen molar-refractivity contribution < 1.29 is 14.0 Å². The predicted molar refractivity (Wildman–Crippen MR) is 132 cm³/mol. The zero-order valence-corrected chi connectivity index (χ0v) is 19.1. The first-order valence-electron chi connectivity index (χ1n) is 10.7. The van der Waals surface area contributed by atoms with Crippen LogP contribution >= 0.6 is 0 Å². The molecular weight excluding hydrogens is 390 g/mol. The zero-order chi connectivity index (χ0) is 22.7. The summed E-state index contributed by atoms with van der Waals surface area (Å²) < 4.78 is 11.5. The van der Waals surface area contributed by atoms with Crippen LogP contribution < -0.4 is 31.6 Å². The molecule has 170 valence electrons. The van der Waals surface area contributed by atoms with Crippen LogP contribution in [0, 0.1) is 0 Å². The molecule has 0 saturated heterocycles. The maximum atomic E-state index is 5.88. The van der Waals surface area contributed by atoms with Crippen LogP contribution in [0.3, 0.4) is 0 Å². The highest BCUT2D eigenvalue weighted by atomic mass is 16.5. The monoisotopic (exact) mass is 428 g/mol. The number of likely N-dealkylation sites (N-methyl/N-ethyl adjacent to an activating group) is 1. The number of nitrogens with one attached hydrogen (secondary N) is 2. The average molecular weight is 429 g/mol. The number of quaternary nitrogens is 1. The molecule has 0 aliphatic heterocycles. The third-order valence-electron chi connectivity index (χ3n) is 5.44. The van der Waals surface area contributed by atoms with Crippen LogP contribution in [0.5, 0.6) is 11.5 Å². The molecule has 0 aliphatic rings. The summed E-state index contributed by atoms with van der Waals surface area (Å²) in [4.78, 5) is 0. The summed E-state index contributed by atoms with van der Waals surface area (Å²) in [6, 6.07) is 11.6. The molecule has 2 rings (SSSR count). The first-order chi connectivity index (χ1) is 14.9. The van der Waals surface area contributed by atoms with Crippen molar-refractivity contribution >= 4 is 22.7 Å². The number of hydrogen-bond acceptors (Lipinski definition) is 6. The molecule has 0 amide bonds. The number of ether oxygens (including phenoxy) is 2. The van der Waals surface area contributed by atoms with Gasteiger partial charge in [0.1, 0.15) is 11.5 Å². The van der Waals surface area contributed by atoms with Crippen molar-refractivity contribution in [2.24, 2.45) is 0 Å². The van der Waals surface area contributed by atoms with Gasteiger partial charge in [0.25, 0.3) is 0 Å². The Morgan fingerprint density at radius 2 is 1.32 bits per heavy atom. The van der Waals surface area contributed by atoms with Gasteiger partial charge in [-0.25, -0.2) is 0 Å². The van der Waals surface area contributed by atoms with E-state index in [1.54, 1.807) is 14.2 Å².